The molecule has 6 aromatic rings. The normalized spacial score (nSPS) is 11.2. The van der Waals surface area contributed by atoms with Gasteiger partial charge in [0.25, 0.3) is 5.91 Å². The molecule has 166 valence electrons. The van der Waals surface area contributed by atoms with Crippen LogP contribution in [0.25, 0.3) is 33.7 Å². The van der Waals surface area contributed by atoms with Gasteiger partial charge in [-0.15, -0.1) is 5.10 Å². The maximum Gasteiger partial charge on any atom is 0.345 e. The van der Waals surface area contributed by atoms with Crippen molar-refractivity contribution >= 4 is 33.9 Å². The van der Waals surface area contributed by atoms with Gasteiger partial charge >= 0.3 is 6.01 Å². The fraction of sp³-hybridized carbons (Fsp3) is 0.0476. The van der Waals surface area contributed by atoms with Crippen LogP contribution in [0, 0.1) is 0 Å². The molecule has 1 aromatic carbocycles. The van der Waals surface area contributed by atoms with Crippen LogP contribution in [0.4, 0.5) is 5.82 Å². The third-order valence-corrected chi connectivity index (χ3v) is 4.99. The number of anilines is 1. The molecule has 0 saturated carbocycles. The molecule has 0 bridgehead atoms. The first-order chi connectivity index (χ1) is 16.6. The molecule has 13 nitrogen and oxygen atoms in total. The van der Waals surface area contributed by atoms with E-state index in [1.165, 1.54) is 12.4 Å². The van der Waals surface area contributed by atoms with Gasteiger partial charge in [0.2, 0.25) is 5.65 Å². The van der Waals surface area contributed by atoms with Gasteiger partial charge < -0.3 is 15.1 Å². The van der Waals surface area contributed by atoms with E-state index in [0.29, 0.717) is 22.8 Å². The number of H-pyrrole nitrogens is 1. The highest BCUT2D eigenvalue weighted by Crippen LogP contribution is 2.22. The summed E-state index contributed by atoms with van der Waals surface area (Å²) in [7, 11) is 1.77. The molecule has 0 aliphatic rings. The summed E-state index contributed by atoms with van der Waals surface area (Å²) in [6.45, 7) is 0. The van der Waals surface area contributed by atoms with Gasteiger partial charge in [0, 0.05) is 31.7 Å². The molecule has 34 heavy (non-hydrogen) atoms. The van der Waals surface area contributed by atoms with Crippen LogP contribution in [0.1, 0.15) is 10.4 Å². The molecular weight excluding hydrogens is 438 g/mol. The quantitative estimate of drug-likeness (QED) is 0.399. The smallest absolute Gasteiger partial charge is 0.337 e. The summed E-state index contributed by atoms with van der Waals surface area (Å²) in [6.07, 6.45) is 4.28. The van der Waals surface area contributed by atoms with E-state index in [1.54, 1.807) is 36.1 Å². The molecule has 6 rings (SSSR count). The molecule has 0 atom stereocenters. The molecule has 0 spiro atoms. The van der Waals surface area contributed by atoms with Gasteiger partial charge in [-0.25, -0.2) is 19.9 Å². The Morgan fingerprint density at radius 3 is 2.74 bits per heavy atom. The van der Waals surface area contributed by atoms with Crippen LogP contribution < -0.4 is 10.2 Å². The van der Waals surface area contributed by atoms with E-state index in [1.807, 2.05) is 24.3 Å². The topological polar surface area (TPSA) is 154 Å². The second-order valence-corrected chi connectivity index (χ2v) is 7.25. The highest BCUT2D eigenvalue weighted by Gasteiger charge is 2.15. The fourth-order valence-corrected chi connectivity index (χ4v) is 3.38. The SMILES string of the molecule is Cn1nc(NC(=O)c2cnc(On3nnc4cccnc43)nc2)cc1-c1nc2ccccc2[nH]1. The first kappa shape index (κ1) is 19.5. The summed E-state index contributed by atoms with van der Waals surface area (Å²) in [5.74, 6) is 0.591. The van der Waals surface area contributed by atoms with E-state index >= 15 is 0 Å². The van der Waals surface area contributed by atoms with Crippen molar-refractivity contribution in [3.8, 4) is 17.5 Å². The number of nitrogens with zero attached hydrogens (tertiary/aromatic N) is 9. The van der Waals surface area contributed by atoms with Gasteiger partial charge in [0.05, 0.1) is 16.6 Å². The largest absolute Gasteiger partial charge is 0.345 e. The number of nitrogens with one attached hydrogen (secondary N) is 2. The third-order valence-electron chi connectivity index (χ3n) is 4.99. The average Bonchev–Trinajstić information content (AvgIpc) is 3.56. The molecule has 1 amide bonds. The van der Waals surface area contributed by atoms with Crippen LogP contribution in [0.5, 0.6) is 6.01 Å². The van der Waals surface area contributed by atoms with Gasteiger partial charge in [-0.3, -0.25) is 9.48 Å². The zero-order valence-electron chi connectivity index (χ0n) is 17.6. The standard InChI is InChI=1S/C21H15N11O2/c1-31-16(18-25-13-5-2-3-6-14(13)26-18)9-17(29-31)27-20(33)12-10-23-21(24-11-12)34-32-19-15(28-30-32)7-4-8-22-19/h2-11H,1H3,(H,25,26)(H,27,29,33). The highest BCUT2D eigenvalue weighted by molar-refractivity contribution is 6.03. The highest BCUT2D eigenvalue weighted by atomic mass is 16.7. The van der Waals surface area contributed by atoms with Gasteiger partial charge in [0.15, 0.2) is 11.6 Å². The molecule has 0 fully saturated rings. The number of aromatic amines is 1. The van der Waals surface area contributed by atoms with Gasteiger partial charge in [-0.1, -0.05) is 12.1 Å². The molecule has 5 aromatic heterocycles. The number of hydrogen-bond acceptors (Lipinski definition) is 9. The fourth-order valence-electron chi connectivity index (χ4n) is 3.38. The molecule has 5 heterocycles. The number of amides is 1. The molecule has 0 aliphatic carbocycles. The molecule has 0 radical (unpaired) electrons. The Hall–Kier alpha value is -5.20. The Balaban J connectivity index is 1.18. The maximum absolute atomic E-state index is 12.7. The number of benzene rings is 1. The van der Waals surface area contributed by atoms with Gasteiger partial charge in [0.1, 0.15) is 11.2 Å². The minimum atomic E-state index is -0.423. The van der Waals surface area contributed by atoms with Crippen molar-refractivity contribution in [2.24, 2.45) is 7.05 Å². The molecule has 0 aliphatic heterocycles. The number of pyridine rings is 1. The minimum Gasteiger partial charge on any atom is -0.337 e. The lowest BCUT2D eigenvalue weighted by Gasteiger charge is -2.03. The summed E-state index contributed by atoms with van der Waals surface area (Å²) >= 11 is 0. The Labute approximate surface area is 190 Å². The zero-order valence-corrected chi connectivity index (χ0v) is 17.6. The van der Waals surface area contributed by atoms with E-state index in [0.717, 1.165) is 21.6 Å². The second-order valence-electron chi connectivity index (χ2n) is 7.25. The van der Waals surface area contributed by atoms with Gasteiger partial charge in [-0.2, -0.15) is 5.10 Å². The second kappa shape index (κ2) is 7.74. The lowest BCUT2D eigenvalue weighted by Crippen LogP contribution is -2.15. The van der Waals surface area contributed by atoms with Crippen LogP contribution in [-0.2, 0) is 7.05 Å². The Morgan fingerprint density at radius 1 is 1.06 bits per heavy atom. The summed E-state index contributed by atoms with van der Waals surface area (Å²) in [6, 6.07) is 12.9. The number of aromatic nitrogens is 10. The van der Waals surface area contributed by atoms with Crippen molar-refractivity contribution in [2.75, 3.05) is 5.32 Å². The van der Waals surface area contributed by atoms with E-state index in [9.17, 15) is 4.79 Å². The van der Waals surface area contributed by atoms with Gasteiger partial charge in [-0.05, 0) is 34.3 Å². The van der Waals surface area contributed by atoms with Crippen LogP contribution in [-0.4, -0.2) is 55.8 Å². The van der Waals surface area contributed by atoms with Crippen LogP contribution in [0.3, 0.4) is 0 Å². The summed E-state index contributed by atoms with van der Waals surface area (Å²) < 4.78 is 1.64. The number of carbonyl (C=O) groups excluding carboxylic acids is 1. The number of hydrogen-bond donors (Lipinski definition) is 2. The molecule has 0 unspecified atom stereocenters. The first-order valence-electron chi connectivity index (χ1n) is 10.1. The number of para-hydroxylation sites is 2. The minimum absolute atomic E-state index is 0.0148. The van der Waals surface area contributed by atoms with Crippen molar-refractivity contribution in [1.82, 2.24) is 49.9 Å². The van der Waals surface area contributed by atoms with E-state index in [4.69, 9.17) is 4.84 Å². The van der Waals surface area contributed by atoms with E-state index in [-0.39, 0.29) is 11.6 Å². The van der Waals surface area contributed by atoms with Crippen LogP contribution in [0.2, 0.25) is 0 Å². The number of imidazole rings is 1. The summed E-state index contributed by atoms with van der Waals surface area (Å²) in [5.41, 5.74) is 3.70. The van der Waals surface area contributed by atoms with Crippen LogP contribution >= 0.6 is 0 Å². The summed E-state index contributed by atoms with van der Waals surface area (Å²) in [5, 5.41) is 14.9. The van der Waals surface area contributed by atoms with Crippen molar-refractivity contribution < 1.29 is 9.63 Å². The Bertz CT molecular complexity index is 1620. The number of carbonyl (C=O) groups is 1. The first-order valence-corrected chi connectivity index (χ1v) is 10.1. The number of aryl methyl sites for hydroxylation is 1. The molecule has 0 saturated heterocycles. The monoisotopic (exact) mass is 453 g/mol. The molecule has 13 heteroatoms. The Morgan fingerprint density at radius 2 is 1.88 bits per heavy atom. The van der Waals surface area contributed by atoms with E-state index < -0.39 is 5.91 Å². The summed E-state index contributed by atoms with van der Waals surface area (Å²) in [4.78, 5) is 39.4. The average molecular weight is 453 g/mol. The van der Waals surface area contributed by atoms with E-state index in [2.05, 4.69) is 45.6 Å². The van der Waals surface area contributed by atoms with Crippen molar-refractivity contribution in [2.45, 2.75) is 0 Å². The van der Waals surface area contributed by atoms with Crippen molar-refractivity contribution in [3.05, 3.63) is 66.6 Å². The number of rotatable bonds is 5. The third kappa shape index (κ3) is 3.46. The molecule has 2 N–H and O–H groups in total. The van der Waals surface area contributed by atoms with Crippen molar-refractivity contribution in [3.63, 3.8) is 0 Å². The number of fused-ring (bicyclic) bond motifs is 2. The Kier molecular flexibility index (Phi) is 4.43. The predicted molar refractivity (Wildman–Crippen MR) is 120 cm³/mol. The van der Waals surface area contributed by atoms with Crippen LogP contribution in [0.15, 0.2) is 61.1 Å². The lowest BCUT2D eigenvalue weighted by molar-refractivity contribution is 0.102. The maximum atomic E-state index is 12.7. The zero-order chi connectivity index (χ0) is 23.1. The lowest BCUT2D eigenvalue weighted by atomic mass is 10.3. The predicted octanol–water partition coefficient (Wildman–Crippen LogP) is 1.99. The molecular formula is C21H15N11O2. The van der Waals surface area contributed by atoms with Crippen molar-refractivity contribution in [1.29, 1.82) is 0 Å².